The van der Waals surface area contributed by atoms with E-state index in [4.69, 9.17) is 9.40 Å². The van der Waals surface area contributed by atoms with Crippen LogP contribution in [0, 0.1) is 5.92 Å². The molecule has 6 aromatic rings. The van der Waals surface area contributed by atoms with Gasteiger partial charge in [-0.1, -0.05) is 25.3 Å². The van der Waals surface area contributed by atoms with Gasteiger partial charge in [-0.2, -0.15) is 5.10 Å². The van der Waals surface area contributed by atoms with E-state index in [1.807, 2.05) is 24.5 Å². The van der Waals surface area contributed by atoms with Crippen molar-refractivity contribution < 1.29 is 4.42 Å². The molecular weight excluding hydrogens is 462 g/mol. The first-order valence-electron chi connectivity index (χ1n) is 12.9. The molecule has 1 aromatic carbocycles. The average Bonchev–Trinajstić information content (AvgIpc) is 3.71. The third kappa shape index (κ3) is 4.14. The molecule has 1 aliphatic rings. The average molecular weight is 490 g/mol. The highest BCUT2D eigenvalue weighted by molar-refractivity contribution is 5.97. The number of nitrogens with zero attached hydrogens (tertiary/aromatic N) is 4. The largest absolute Gasteiger partial charge is 0.472 e. The van der Waals surface area contributed by atoms with Crippen molar-refractivity contribution in [1.29, 1.82) is 0 Å². The summed E-state index contributed by atoms with van der Waals surface area (Å²) in [4.78, 5) is 17.2. The summed E-state index contributed by atoms with van der Waals surface area (Å²) < 4.78 is 5.28. The van der Waals surface area contributed by atoms with Crippen LogP contribution >= 0.6 is 0 Å². The van der Waals surface area contributed by atoms with E-state index in [1.54, 1.807) is 18.7 Å². The highest BCUT2D eigenvalue weighted by atomic mass is 16.3. The summed E-state index contributed by atoms with van der Waals surface area (Å²) in [6.45, 7) is 1.01. The number of aromatic amines is 2. The second kappa shape index (κ2) is 9.20. The van der Waals surface area contributed by atoms with Crippen LogP contribution in [0.25, 0.3) is 55.8 Å². The predicted octanol–water partition coefficient (Wildman–Crippen LogP) is 6.82. The maximum Gasteiger partial charge on any atom is 0.160 e. The Kier molecular flexibility index (Phi) is 5.42. The van der Waals surface area contributed by atoms with E-state index in [1.165, 1.54) is 32.1 Å². The van der Waals surface area contributed by atoms with Crippen molar-refractivity contribution in [3.63, 3.8) is 0 Å². The molecule has 0 bridgehead atoms. The molecule has 1 saturated carbocycles. The smallest absolute Gasteiger partial charge is 0.160 e. The molecule has 0 atom stereocenters. The number of fused-ring (bicyclic) bond motifs is 2. The van der Waals surface area contributed by atoms with Crippen LogP contribution in [0.4, 0.5) is 5.69 Å². The van der Waals surface area contributed by atoms with Crippen LogP contribution in [0.3, 0.4) is 0 Å². The van der Waals surface area contributed by atoms with Crippen LogP contribution in [-0.2, 0) is 0 Å². The summed E-state index contributed by atoms with van der Waals surface area (Å²) in [6, 6.07) is 12.4. The van der Waals surface area contributed by atoms with Crippen molar-refractivity contribution in [2.45, 2.75) is 32.1 Å². The minimum Gasteiger partial charge on any atom is -0.472 e. The molecule has 0 aliphatic heterocycles. The zero-order chi connectivity index (χ0) is 24.6. The Bertz CT molecular complexity index is 1680. The lowest BCUT2D eigenvalue weighted by Gasteiger charge is -2.22. The number of anilines is 1. The minimum absolute atomic E-state index is 0.669. The first-order valence-corrected chi connectivity index (χ1v) is 12.9. The molecule has 5 heterocycles. The fourth-order valence-corrected chi connectivity index (χ4v) is 5.40. The molecule has 0 unspecified atom stereocenters. The van der Waals surface area contributed by atoms with Gasteiger partial charge in [0.1, 0.15) is 11.2 Å². The highest BCUT2D eigenvalue weighted by Gasteiger charge is 2.17. The van der Waals surface area contributed by atoms with Gasteiger partial charge >= 0.3 is 0 Å². The lowest BCUT2D eigenvalue weighted by Crippen LogP contribution is -2.17. The van der Waals surface area contributed by atoms with E-state index in [0.717, 1.165) is 62.5 Å². The van der Waals surface area contributed by atoms with Crippen molar-refractivity contribution in [1.82, 2.24) is 30.1 Å². The molecule has 5 aromatic heterocycles. The van der Waals surface area contributed by atoms with Gasteiger partial charge in [-0.3, -0.25) is 10.1 Å². The quantitative estimate of drug-likeness (QED) is 0.237. The summed E-state index contributed by atoms with van der Waals surface area (Å²) in [5, 5.41) is 12.3. The van der Waals surface area contributed by atoms with E-state index in [2.05, 4.69) is 54.7 Å². The van der Waals surface area contributed by atoms with Gasteiger partial charge in [0.05, 0.1) is 23.7 Å². The number of hydrogen-bond donors (Lipinski definition) is 3. The molecule has 0 spiro atoms. The normalized spacial score (nSPS) is 14.5. The number of hydrogen-bond acceptors (Lipinski definition) is 6. The number of pyridine rings is 2. The molecule has 7 rings (SSSR count). The van der Waals surface area contributed by atoms with Gasteiger partial charge in [-0.25, -0.2) is 9.97 Å². The van der Waals surface area contributed by atoms with Gasteiger partial charge in [0.25, 0.3) is 0 Å². The van der Waals surface area contributed by atoms with Crippen molar-refractivity contribution in [3.8, 4) is 33.8 Å². The van der Waals surface area contributed by atoms with Crippen LogP contribution in [0.1, 0.15) is 32.1 Å². The zero-order valence-corrected chi connectivity index (χ0v) is 20.4. The molecule has 1 fully saturated rings. The Labute approximate surface area is 213 Å². The van der Waals surface area contributed by atoms with Crippen LogP contribution < -0.4 is 5.32 Å². The molecule has 0 amide bonds. The number of nitrogens with one attached hydrogen (secondary N) is 3. The number of H-pyrrole nitrogens is 2. The monoisotopic (exact) mass is 489 g/mol. The summed E-state index contributed by atoms with van der Waals surface area (Å²) >= 11 is 0. The van der Waals surface area contributed by atoms with Crippen molar-refractivity contribution in [2.75, 3.05) is 11.9 Å². The van der Waals surface area contributed by atoms with Crippen molar-refractivity contribution >= 4 is 27.8 Å². The number of imidazole rings is 1. The lowest BCUT2D eigenvalue weighted by atomic mass is 9.89. The Balaban J connectivity index is 1.22. The number of furan rings is 1. The summed E-state index contributed by atoms with van der Waals surface area (Å²) in [5.74, 6) is 1.43. The number of rotatable bonds is 6. The molecule has 1 aliphatic carbocycles. The zero-order valence-electron chi connectivity index (χ0n) is 20.4. The van der Waals surface area contributed by atoms with Crippen molar-refractivity contribution in [3.05, 3.63) is 67.5 Å². The summed E-state index contributed by atoms with van der Waals surface area (Å²) in [5.41, 5.74) is 8.33. The molecule has 0 radical (unpaired) electrons. The number of aromatic nitrogens is 6. The first-order chi connectivity index (χ1) is 18.3. The van der Waals surface area contributed by atoms with Gasteiger partial charge in [0, 0.05) is 47.2 Å². The Morgan fingerprint density at radius 1 is 0.973 bits per heavy atom. The molecule has 184 valence electrons. The third-order valence-electron chi connectivity index (χ3n) is 7.40. The van der Waals surface area contributed by atoms with Crippen LogP contribution in [-0.4, -0.2) is 36.7 Å². The maximum atomic E-state index is 5.28. The van der Waals surface area contributed by atoms with E-state index < -0.39 is 0 Å². The van der Waals surface area contributed by atoms with E-state index in [9.17, 15) is 0 Å². The molecule has 3 N–H and O–H groups in total. The van der Waals surface area contributed by atoms with Crippen molar-refractivity contribution in [2.24, 2.45) is 5.92 Å². The Morgan fingerprint density at radius 2 is 1.92 bits per heavy atom. The van der Waals surface area contributed by atoms with Crippen LogP contribution in [0.2, 0.25) is 0 Å². The summed E-state index contributed by atoms with van der Waals surface area (Å²) in [7, 11) is 0. The topological polar surface area (TPSA) is 108 Å². The standard InChI is InChI=1S/C29H27N7O/c1-2-4-18(5-3-1)14-32-22-12-21(15-30-16-22)19-6-7-25-24(13-19)27(36-35-25)29-33-26-23(20-9-11-37-17-20)8-10-31-28(26)34-29/h6-13,15-18,32H,1-5,14H2,(H,35,36)(H,31,33,34). The van der Waals surface area contributed by atoms with Crippen LogP contribution in [0.15, 0.2) is 71.9 Å². The third-order valence-corrected chi connectivity index (χ3v) is 7.40. The van der Waals surface area contributed by atoms with Gasteiger partial charge in [0.15, 0.2) is 11.5 Å². The second-order valence-electron chi connectivity index (χ2n) is 9.83. The lowest BCUT2D eigenvalue weighted by molar-refractivity contribution is 0.373. The minimum atomic E-state index is 0.669. The molecule has 37 heavy (non-hydrogen) atoms. The van der Waals surface area contributed by atoms with E-state index in [-0.39, 0.29) is 0 Å². The van der Waals surface area contributed by atoms with Gasteiger partial charge < -0.3 is 14.7 Å². The van der Waals surface area contributed by atoms with Gasteiger partial charge in [-0.15, -0.1) is 0 Å². The highest BCUT2D eigenvalue weighted by Crippen LogP contribution is 2.33. The molecular formula is C29H27N7O. The molecule has 0 saturated heterocycles. The van der Waals surface area contributed by atoms with Crippen LogP contribution in [0.5, 0.6) is 0 Å². The van der Waals surface area contributed by atoms with E-state index in [0.29, 0.717) is 11.5 Å². The SMILES string of the molecule is c1cc(-c2ccoc2)c2nc(-c3n[nH]c4ccc(-c5cncc(NCC6CCCCC6)c5)cc34)[nH]c2n1. The molecule has 8 nitrogen and oxygen atoms in total. The fraction of sp³-hybridized carbons (Fsp3) is 0.241. The maximum absolute atomic E-state index is 5.28. The Hall–Kier alpha value is -4.46. The van der Waals surface area contributed by atoms with Gasteiger partial charge in [-0.05, 0) is 54.7 Å². The second-order valence-corrected chi connectivity index (χ2v) is 9.83. The van der Waals surface area contributed by atoms with Gasteiger partial charge in [0.2, 0.25) is 0 Å². The Morgan fingerprint density at radius 3 is 2.81 bits per heavy atom. The fourth-order valence-electron chi connectivity index (χ4n) is 5.40. The van der Waals surface area contributed by atoms with E-state index >= 15 is 0 Å². The first kappa shape index (κ1) is 21.8. The molecule has 8 heteroatoms. The summed E-state index contributed by atoms with van der Waals surface area (Å²) in [6.07, 6.45) is 15.7. The number of benzene rings is 1. The predicted molar refractivity (Wildman–Crippen MR) is 145 cm³/mol.